The molecule has 2 rings (SSSR count). The summed E-state index contributed by atoms with van der Waals surface area (Å²) in [5.41, 5.74) is 1.05. The van der Waals surface area contributed by atoms with E-state index in [4.69, 9.17) is 9.47 Å². The molecule has 0 saturated carbocycles. The Kier molecular flexibility index (Phi) is 5.21. The van der Waals surface area contributed by atoms with E-state index in [1.54, 1.807) is 7.11 Å². The van der Waals surface area contributed by atoms with Gasteiger partial charge in [-0.2, -0.15) is 0 Å². The molecule has 0 spiro atoms. The number of hydrogen-bond acceptors (Lipinski definition) is 3. The Morgan fingerprint density at radius 1 is 1.00 bits per heavy atom. The molecule has 3 nitrogen and oxygen atoms in total. The molecule has 0 unspecified atom stereocenters. The molecule has 104 valence electrons. The maximum atomic E-state index is 5.97. The molecule has 0 aliphatic heterocycles. The summed E-state index contributed by atoms with van der Waals surface area (Å²) < 4.78 is 11.1. The second-order valence-corrected chi connectivity index (χ2v) is 4.27. The van der Waals surface area contributed by atoms with Gasteiger partial charge in [0.2, 0.25) is 0 Å². The Balaban J connectivity index is 2.19. The quantitative estimate of drug-likeness (QED) is 0.816. The average Bonchev–Trinajstić information content (AvgIpc) is 2.53. The third kappa shape index (κ3) is 3.87. The number of methoxy groups -OCH3 is 1. The SMILES string of the molecule is CNC/C=C(/Oc1ccc(OC)cc1)c1ccccc1. The van der Waals surface area contributed by atoms with Crippen molar-refractivity contribution >= 4 is 5.76 Å². The molecule has 0 bridgehead atoms. The average molecular weight is 269 g/mol. The summed E-state index contributed by atoms with van der Waals surface area (Å²) in [6, 6.07) is 17.6. The fourth-order valence-corrected chi connectivity index (χ4v) is 1.79. The first kappa shape index (κ1) is 14.2. The second kappa shape index (κ2) is 7.36. The van der Waals surface area contributed by atoms with Crippen LogP contribution in [0.25, 0.3) is 5.76 Å². The number of ether oxygens (including phenoxy) is 2. The molecule has 2 aromatic rings. The van der Waals surface area contributed by atoms with E-state index in [2.05, 4.69) is 5.32 Å². The highest BCUT2D eigenvalue weighted by molar-refractivity contribution is 5.62. The highest BCUT2D eigenvalue weighted by Crippen LogP contribution is 2.23. The number of nitrogens with one attached hydrogen (secondary N) is 1. The maximum Gasteiger partial charge on any atom is 0.131 e. The van der Waals surface area contributed by atoms with Crippen molar-refractivity contribution in [3.05, 3.63) is 66.2 Å². The van der Waals surface area contributed by atoms with Gasteiger partial charge in [-0.15, -0.1) is 0 Å². The van der Waals surface area contributed by atoms with Crippen LogP contribution in [-0.2, 0) is 0 Å². The minimum atomic E-state index is 0.750. The summed E-state index contributed by atoms with van der Waals surface area (Å²) in [5.74, 6) is 2.44. The number of benzene rings is 2. The van der Waals surface area contributed by atoms with Gasteiger partial charge in [0.1, 0.15) is 17.3 Å². The van der Waals surface area contributed by atoms with Crippen LogP contribution in [0, 0.1) is 0 Å². The lowest BCUT2D eigenvalue weighted by Crippen LogP contribution is -2.07. The van der Waals surface area contributed by atoms with Crippen LogP contribution < -0.4 is 14.8 Å². The summed E-state index contributed by atoms with van der Waals surface area (Å²) in [7, 11) is 3.56. The van der Waals surface area contributed by atoms with E-state index in [-0.39, 0.29) is 0 Å². The maximum absolute atomic E-state index is 5.97. The van der Waals surface area contributed by atoms with Crippen LogP contribution in [0.4, 0.5) is 0 Å². The Labute approximate surface area is 119 Å². The standard InChI is InChI=1S/C17H19NO2/c1-18-13-12-17(14-6-4-3-5-7-14)20-16-10-8-15(19-2)9-11-16/h3-12,18H,13H2,1-2H3/b17-12+. The molecule has 0 amide bonds. The Morgan fingerprint density at radius 3 is 2.25 bits per heavy atom. The lowest BCUT2D eigenvalue weighted by Gasteiger charge is -2.11. The van der Waals surface area contributed by atoms with E-state index in [9.17, 15) is 0 Å². The normalized spacial score (nSPS) is 11.2. The Bertz CT molecular complexity index is 547. The van der Waals surface area contributed by atoms with Gasteiger partial charge in [0.15, 0.2) is 0 Å². The van der Waals surface area contributed by atoms with Crippen molar-refractivity contribution in [2.24, 2.45) is 0 Å². The van der Waals surface area contributed by atoms with Gasteiger partial charge in [-0.05, 0) is 37.4 Å². The van der Waals surface area contributed by atoms with Crippen molar-refractivity contribution in [3.8, 4) is 11.5 Å². The van der Waals surface area contributed by atoms with Gasteiger partial charge >= 0.3 is 0 Å². The lowest BCUT2D eigenvalue weighted by atomic mass is 10.2. The summed E-state index contributed by atoms with van der Waals surface area (Å²) in [6.07, 6.45) is 2.03. The van der Waals surface area contributed by atoms with E-state index in [0.29, 0.717) is 0 Å². The van der Waals surface area contributed by atoms with E-state index in [1.807, 2.05) is 67.7 Å². The number of likely N-dealkylation sites (N-methyl/N-ethyl adjacent to an activating group) is 1. The van der Waals surface area contributed by atoms with Gasteiger partial charge in [0, 0.05) is 12.1 Å². The lowest BCUT2D eigenvalue weighted by molar-refractivity contribution is 0.413. The molecule has 20 heavy (non-hydrogen) atoms. The number of rotatable bonds is 6. The van der Waals surface area contributed by atoms with Gasteiger partial charge in [0.25, 0.3) is 0 Å². The van der Waals surface area contributed by atoms with Crippen LogP contribution in [-0.4, -0.2) is 20.7 Å². The van der Waals surface area contributed by atoms with Crippen LogP contribution in [0.3, 0.4) is 0 Å². The van der Waals surface area contributed by atoms with Gasteiger partial charge in [0.05, 0.1) is 7.11 Å². The molecule has 0 aliphatic carbocycles. The minimum Gasteiger partial charge on any atom is -0.497 e. The Morgan fingerprint density at radius 2 is 1.65 bits per heavy atom. The topological polar surface area (TPSA) is 30.5 Å². The molecule has 0 saturated heterocycles. The zero-order chi connectivity index (χ0) is 14.2. The molecule has 0 atom stereocenters. The van der Waals surface area contributed by atoms with Crippen molar-refractivity contribution in [3.63, 3.8) is 0 Å². The summed E-state index contributed by atoms with van der Waals surface area (Å²) in [4.78, 5) is 0. The first-order valence-electron chi connectivity index (χ1n) is 6.55. The molecule has 0 fully saturated rings. The molecule has 2 aromatic carbocycles. The number of hydrogen-bond donors (Lipinski definition) is 1. The third-order valence-corrected chi connectivity index (χ3v) is 2.84. The fourth-order valence-electron chi connectivity index (χ4n) is 1.79. The van der Waals surface area contributed by atoms with Gasteiger partial charge < -0.3 is 14.8 Å². The smallest absolute Gasteiger partial charge is 0.131 e. The van der Waals surface area contributed by atoms with Crippen molar-refractivity contribution in [1.29, 1.82) is 0 Å². The van der Waals surface area contributed by atoms with Crippen LogP contribution in [0.2, 0.25) is 0 Å². The zero-order valence-electron chi connectivity index (χ0n) is 11.8. The van der Waals surface area contributed by atoms with Gasteiger partial charge in [-0.3, -0.25) is 0 Å². The summed E-state index contributed by atoms with van der Waals surface area (Å²) >= 11 is 0. The first-order chi connectivity index (χ1) is 9.83. The molecule has 0 heterocycles. The van der Waals surface area contributed by atoms with Crippen molar-refractivity contribution in [1.82, 2.24) is 5.32 Å². The molecule has 0 aliphatic rings. The van der Waals surface area contributed by atoms with E-state index in [1.165, 1.54) is 0 Å². The molecule has 0 radical (unpaired) electrons. The molecular weight excluding hydrogens is 250 g/mol. The van der Waals surface area contributed by atoms with Crippen LogP contribution >= 0.6 is 0 Å². The monoisotopic (exact) mass is 269 g/mol. The zero-order valence-corrected chi connectivity index (χ0v) is 11.8. The van der Waals surface area contributed by atoms with Crippen molar-refractivity contribution in [2.75, 3.05) is 20.7 Å². The fraction of sp³-hybridized carbons (Fsp3) is 0.176. The molecular formula is C17H19NO2. The highest BCUT2D eigenvalue weighted by Gasteiger charge is 2.04. The van der Waals surface area contributed by atoms with E-state index >= 15 is 0 Å². The largest absolute Gasteiger partial charge is 0.497 e. The minimum absolute atomic E-state index is 0.750. The van der Waals surface area contributed by atoms with Gasteiger partial charge in [-0.1, -0.05) is 30.3 Å². The van der Waals surface area contributed by atoms with Crippen molar-refractivity contribution < 1.29 is 9.47 Å². The molecule has 0 aromatic heterocycles. The van der Waals surface area contributed by atoms with E-state index < -0.39 is 0 Å². The van der Waals surface area contributed by atoms with Crippen LogP contribution in [0.1, 0.15) is 5.56 Å². The second-order valence-electron chi connectivity index (χ2n) is 4.27. The van der Waals surface area contributed by atoms with Crippen molar-refractivity contribution in [2.45, 2.75) is 0 Å². The summed E-state index contributed by atoms with van der Waals surface area (Å²) in [5, 5.41) is 3.10. The highest BCUT2D eigenvalue weighted by atomic mass is 16.5. The Hall–Kier alpha value is -2.26. The van der Waals surface area contributed by atoms with Crippen LogP contribution in [0.15, 0.2) is 60.7 Å². The molecule has 3 heteroatoms. The third-order valence-electron chi connectivity index (χ3n) is 2.84. The van der Waals surface area contributed by atoms with Crippen LogP contribution in [0.5, 0.6) is 11.5 Å². The van der Waals surface area contributed by atoms with Gasteiger partial charge in [-0.25, -0.2) is 0 Å². The molecule has 1 N–H and O–H groups in total. The predicted molar refractivity (Wildman–Crippen MR) is 82.0 cm³/mol. The predicted octanol–water partition coefficient (Wildman–Crippen LogP) is 3.33. The summed E-state index contributed by atoms with van der Waals surface area (Å²) in [6.45, 7) is 0.750. The van der Waals surface area contributed by atoms with E-state index in [0.717, 1.165) is 29.4 Å². The first-order valence-corrected chi connectivity index (χ1v) is 6.55.